The van der Waals surface area contributed by atoms with Gasteiger partial charge in [0.2, 0.25) is 0 Å². The summed E-state index contributed by atoms with van der Waals surface area (Å²) in [5.74, 6) is 0.0188. The number of aliphatic hydroxyl groups is 4. The van der Waals surface area contributed by atoms with Crippen LogP contribution >= 0.6 is 0 Å². The number of nitriles is 1. The lowest BCUT2D eigenvalue weighted by Crippen LogP contribution is -2.56. The standard InChI is InChI=1S/C21H23NO5/c22-11-14-7-5-13(6-8-14)9-15-3-1-2-4-17(15)27-18-10-16(12-23)19(24)21(26)20(18)25/h1-8,16,18-21,23-26H,9-10,12H2/t16-,18-,19-,20+,21+/m1/s1. The third-order valence-corrected chi connectivity index (χ3v) is 5.06. The molecule has 0 aromatic heterocycles. The molecule has 1 saturated carbocycles. The first-order valence-corrected chi connectivity index (χ1v) is 8.92. The maximum Gasteiger partial charge on any atom is 0.128 e. The zero-order valence-corrected chi connectivity index (χ0v) is 14.8. The molecule has 0 aliphatic heterocycles. The van der Waals surface area contributed by atoms with Crippen LogP contribution in [0.3, 0.4) is 0 Å². The summed E-state index contributed by atoms with van der Waals surface area (Å²) in [5.41, 5.74) is 2.50. The highest BCUT2D eigenvalue weighted by Crippen LogP contribution is 2.31. The first-order valence-electron chi connectivity index (χ1n) is 8.92. The smallest absolute Gasteiger partial charge is 0.128 e. The number of rotatable bonds is 5. The minimum atomic E-state index is -1.37. The van der Waals surface area contributed by atoms with Gasteiger partial charge in [-0.15, -0.1) is 0 Å². The summed E-state index contributed by atoms with van der Waals surface area (Å²) in [5, 5.41) is 48.6. The lowest BCUT2D eigenvalue weighted by atomic mass is 9.81. The van der Waals surface area contributed by atoms with Crippen molar-refractivity contribution < 1.29 is 25.2 Å². The van der Waals surface area contributed by atoms with E-state index in [0.717, 1.165) is 11.1 Å². The largest absolute Gasteiger partial charge is 0.487 e. The van der Waals surface area contributed by atoms with Crippen molar-refractivity contribution in [3.8, 4) is 11.8 Å². The molecule has 2 aromatic carbocycles. The van der Waals surface area contributed by atoms with E-state index in [2.05, 4.69) is 6.07 Å². The third kappa shape index (κ3) is 4.29. The molecule has 2 aromatic rings. The SMILES string of the molecule is N#Cc1ccc(Cc2ccccc2O[C@@H]2C[C@H](CO)[C@@H](O)[C@H](O)[C@H]2O)cc1. The molecule has 0 saturated heterocycles. The first-order chi connectivity index (χ1) is 13.0. The fraction of sp³-hybridized carbons (Fsp3) is 0.381. The van der Waals surface area contributed by atoms with Crippen LogP contribution in [-0.2, 0) is 6.42 Å². The Labute approximate surface area is 157 Å². The van der Waals surface area contributed by atoms with Crippen LogP contribution in [0.25, 0.3) is 0 Å². The van der Waals surface area contributed by atoms with E-state index in [1.165, 1.54) is 0 Å². The molecule has 0 amide bonds. The maximum atomic E-state index is 10.3. The Hall–Kier alpha value is -2.43. The summed E-state index contributed by atoms with van der Waals surface area (Å²) in [6.07, 6.45) is -3.71. The Kier molecular flexibility index (Phi) is 6.09. The number of para-hydroxylation sites is 1. The highest BCUT2D eigenvalue weighted by molar-refractivity contribution is 5.39. The number of ether oxygens (including phenoxy) is 1. The number of hydrogen-bond acceptors (Lipinski definition) is 6. The van der Waals surface area contributed by atoms with Crippen LogP contribution in [0.5, 0.6) is 5.75 Å². The van der Waals surface area contributed by atoms with Crippen LogP contribution < -0.4 is 4.74 Å². The Morgan fingerprint density at radius 1 is 0.963 bits per heavy atom. The molecule has 0 unspecified atom stereocenters. The van der Waals surface area contributed by atoms with Crippen molar-refractivity contribution in [2.45, 2.75) is 37.3 Å². The monoisotopic (exact) mass is 369 g/mol. The Balaban J connectivity index is 1.78. The average Bonchev–Trinajstić information content (AvgIpc) is 2.70. The lowest BCUT2D eigenvalue weighted by Gasteiger charge is -2.39. The van der Waals surface area contributed by atoms with E-state index < -0.39 is 30.3 Å². The van der Waals surface area contributed by atoms with Gasteiger partial charge in [-0.05, 0) is 35.7 Å². The molecular weight excluding hydrogens is 346 g/mol. The maximum absolute atomic E-state index is 10.3. The van der Waals surface area contributed by atoms with Gasteiger partial charge < -0.3 is 25.2 Å². The van der Waals surface area contributed by atoms with Gasteiger partial charge in [0.25, 0.3) is 0 Å². The van der Waals surface area contributed by atoms with Crippen molar-refractivity contribution in [2.75, 3.05) is 6.61 Å². The third-order valence-electron chi connectivity index (χ3n) is 5.06. The Morgan fingerprint density at radius 2 is 1.67 bits per heavy atom. The van der Waals surface area contributed by atoms with Crippen LogP contribution in [0.1, 0.15) is 23.1 Å². The van der Waals surface area contributed by atoms with Crippen LogP contribution in [0, 0.1) is 17.2 Å². The summed E-state index contributed by atoms with van der Waals surface area (Å²) >= 11 is 0. The van der Waals surface area contributed by atoms with Crippen LogP contribution in [0.15, 0.2) is 48.5 Å². The van der Waals surface area contributed by atoms with E-state index in [4.69, 9.17) is 10.00 Å². The fourth-order valence-corrected chi connectivity index (χ4v) is 3.42. The number of hydrogen-bond donors (Lipinski definition) is 4. The summed E-state index contributed by atoms with van der Waals surface area (Å²) < 4.78 is 5.98. The van der Waals surface area contributed by atoms with Crippen molar-refractivity contribution in [3.63, 3.8) is 0 Å². The Morgan fingerprint density at radius 3 is 2.33 bits per heavy atom. The molecular formula is C21H23NO5. The molecule has 1 fully saturated rings. The summed E-state index contributed by atoms with van der Waals surface area (Å²) in [6, 6.07) is 16.8. The summed E-state index contributed by atoms with van der Waals surface area (Å²) in [4.78, 5) is 0. The molecule has 1 aliphatic rings. The molecule has 3 rings (SSSR count). The second-order valence-corrected chi connectivity index (χ2v) is 6.90. The fourth-order valence-electron chi connectivity index (χ4n) is 3.42. The number of nitrogens with zero attached hydrogens (tertiary/aromatic N) is 1. The molecule has 0 radical (unpaired) electrons. The molecule has 6 nitrogen and oxygen atoms in total. The van der Waals surface area contributed by atoms with Crippen LogP contribution in [-0.4, -0.2) is 51.4 Å². The first kappa shape index (κ1) is 19.3. The zero-order chi connectivity index (χ0) is 19.4. The van der Waals surface area contributed by atoms with Crippen LogP contribution in [0.4, 0.5) is 0 Å². The van der Waals surface area contributed by atoms with E-state index in [-0.39, 0.29) is 13.0 Å². The summed E-state index contributed by atoms with van der Waals surface area (Å²) in [7, 11) is 0. The predicted octanol–water partition coefficient (Wildman–Crippen LogP) is 0.991. The number of benzene rings is 2. The second kappa shape index (κ2) is 8.51. The minimum absolute atomic E-state index is 0.237. The topological polar surface area (TPSA) is 114 Å². The van der Waals surface area contributed by atoms with Gasteiger partial charge in [-0.1, -0.05) is 30.3 Å². The molecule has 1 aliphatic carbocycles. The molecule has 6 heteroatoms. The minimum Gasteiger partial charge on any atom is -0.487 e. The van der Waals surface area contributed by atoms with E-state index in [1.807, 2.05) is 30.3 Å². The molecule has 4 N–H and O–H groups in total. The highest BCUT2D eigenvalue weighted by Gasteiger charge is 2.43. The van der Waals surface area contributed by atoms with Crippen LogP contribution in [0.2, 0.25) is 0 Å². The molecule has 0 heterocycles. The van der Waals surface area contributed by atoms with Crippen molar-refractivity contribution in [1.82, 2.24) is 0 Å². The summed E-state index contributed by atoms with van der Waals surface area (Å²) in [6.45, 7) is -0.294. The van der Waals surface area contributed by atoms with Gasteiger partial charge in [0, 0.05) is 18.9 Å². The van der Waals surface area contributed by atoms with E-state index >= 15 is 0 Å². The average molecular weight is 369 g/mol. The molecule has 27 heavy (non-hydrogen) atoms. The van der Waals surface area contributed by atoms with Crippen molar-refractivity contribution in [3.05, 3.63) is 65.2 Å². The zero-order valence-electron chi connectivity index (χ0n) is 14.8. The van der Waals surface area contributed by atoms with Gasteiger partial charge in [-0.2, -0.15) is 5.26 Å². The Bertz CT molecular complexity index is 799. The lowest BCUT2D eigenvalue weighted by molar-refractivity contribution is -0.157. The van der Waals surface area contributed by atoms with Crippen molar-refractivity contribution >= 4 is 0 Å². The molecule has 142 valence electrons. The van der Waals surface area contributed by atoms with Gasteiger partial charge in [0.1, 0.15) is 24.1 Å². The van der Waals surface area contributed by atoms with Gasteiger partial charge in [-0.25, -0.2) is 0 Å². The van der Waals surface area contributed by atoms with Crippen molar-refractivity contribution in [1.29, 1.82) is 5.26 Å². The normalized spacial score (nSPS) is 27.7. The van der Waals surface area contributed by atoms with Crippen molar-refractivity contribution in [2.24, 2.45) is 5.92 Å². The number of aliphatic hydroxyl groups excluding tert-OH is 4. The quantitative estimate of drug-likeness (QED) is 0.625. The predicted molar refractivity (Wildman–Crippen MR) is 98.0 cm³/mol. The highest BCUT2D eigenvalue weighted by atomic mass is 16.5. The van der Waals surface area contributed by atoms with E-state index in [9.17, 15) is 20.4 Å². The van der Waals surface area contributed by atoms with Gasteiger partial charge in [0.05, 0.1) is 17.7 Å². The molecule has 5 atom stereocenters. The van der Waals surface area contributed by atoms with E-state index in [1.54, 1.807) is 18.2 Å². The van der Waals surface area contributed by atoms with Gasteiger partial charge >= 0.3 is 0 Å². The second-order valence-electron chi connectivity index (χ2n) is 6.90. The molecule has 0 bridgehead atoms. The van der Waals surface area contributed by atoms with Gasteiger partial charge in [0.15, 0.2) is 0 Å². The molecule has 0 spiro atoms. The van der Waals surface area contributed by atoms with E-state index in [0.29, 0.717) is 17.7 Å². The van der Waals surface area contributed by atoms with Gasteiger partial charge in [-0.3, -0.25) is 0 Å².